The standard InChI is InChI=1S/C25H27N3O3/c29-22-15-18-27(25(31)26-22)16-8-14-23(30)28-17-7-13-21(28)24(19-9-3-1-4-10-19)20-11-5-2-6-12-20/h1-6,9-12,15,18,21,24H,7-8,13-14,16-17H2,(H,26,29,31)/t21-/m0/s1. The van der Waals surface area contributed by atoms with Gasteiger partial charge in [-0.2, -0.15) is 0 Å². The second-order valence-electron chi connectivity index (χ2n) is 8.00. The second kappa shape index (κ2) is 9.60. The molecule has 0 radical (unpaired) electrons. The smallest absolute Gasteiger partial charge is 0.328 e. The molecular formula is C25H27N3O3. The molecule has 0 spiro atoms. The van der Waals surface area contributed by atoms with E-state index in [0.717, 1.165) is 19.4 Å². The van der Waals surface area contributed by atoms with Crippen molar-refractivity contribution in [1.29, 1.82) is 0 Å². The minimum Gasteiger partial charge on any atom is -0.339 e. The number of benzene rings is 2. The summed E-state index contributed by atoms with van der Waals surface area (Å²) in [6.07, 6.45) is 4.37. The zero-order chi connectivity index (χ0) is 21.6. The van der Waals surface area contributed by atoms with Crippen LogP contribution in [-0.2, 0) is 11.3 Å². The highest BCUT2D eigenvalue weighted by molar-refractivity contribution is 5.77. The van der Waals surface area contributed by atoms with Crippen LogP contribution in [0.25, 0.3) is 0 Å². The number of likely N-dealkylation sites (tertiary alicyclic amines) is 1. The molecule has 4 rings (SSSR count). The van der Waals surface area contributed by atoms with Crippen LogP contribution in [-0.4, -0.2) is 32.9 Å². The number of H-pyrrole nitrogens is 1. The average molecular weight is 418 g/mol. The Bertz CT molecular complexity index is 1080. The molecule has 160 valence electrons. The van der Waals surface area contributed by atoms with Crippen molar-refractivity contribution in [2.75, 3.05) is 6.54 Å². The van der Waals surface area contributed by atoms with Crippen molar-refractivity contribution < 1.29 is 4.79 Å². The van der Waals surface area contributed by atoms with Gasteiger partial charge in [0.2, 0.25) is 5.91 Å². The number of rotatable bonds is 7. The SMILES string of the molecule is O=C(CCCn1ccc(=O)[nH]c1=O)N1CCC[C@H]1C(c1ccccc1)c1ccccc1. The molecule has 0 unspecified atom stereocenters. The van der Waals surface area contributed by atoms with Crippen molar-refractivity contribution in [2.45, 2.75) is 44.2 Å². The summed E-state index contributed by atoms with van der Waals surface area (Å²) in [5.74, 6) is 0.257. The van der Waals surface area contributed by atoms with Gasteiger partial charge in [0.15, 0.2) is 0 Å². The van der Waals surface area contributed by atoms with E-state index in [0.29, 0.717) is 19.4 Å². The van der Waals surface area contributed by atoms with E-state index in [4.69, 9.17) is 0 Å². The molecule has 6 heteroatoms. The molecule has 1 saturated heterocycles. The molecule has 0 aliphatic carbocycles. The number of carbonyl (C=O) groups is 1. The van der Waals surface area contributed by atoms with Gasteiger partial charge in [-0.25, -0.2) is 4.79 Å². The predicted octanol–water partition coefficient (Wildman–Crippen LogP) is 3.14. The lowest BCUT2D eigenvalue weighted by Gasteiger charge is -2.33. The lowest BCUT2D eigenvalue weighted by atomic mass is 9.84. The number of hydrogen-bond acceptors (Lipinski definition) is 3. The molecular weight excluding hydrogens is 390 g/mol. The van der Waals surface area contributed by atoms with Gasteiger partial charge in [0.1, 0.15) is 0 Å². The zero-order valence-electron chi connectivity index (χ0n) is 17.4. The van der Waals surface area contributed by atoms with Crippen molar-refractivity contribution in [2.24, 2.45) is 0 Å². The number of aromatic amines is 1. The van der Waals surface area contributed by atoms with Gasteiger partial charge in [-0.3, -0.25) is 14.6 Å². The summed E-state index contributed by atoms with van der Waals surface area (Å²) in [5.41, 5.74) is 1.59. The van der Waals surface area contributed by atoms with Crippen LogP contribution in [0, 0.1) is 0 Å². The van der Waals surface area contributed by atoms with Gasteiger partial charge in [0.05, 0.1) is 0 Å². The van der Waals surface area contributed by atoms with Gasteiger partial charge >= 0.3 is 5.69 Å². The molecule has 31 heavy (non-hydrogen) atoms. The second-order valence-corrected chi connectivity index (χ2v) is 8.00. The van der Waals surface area contributed by atoms with Crippen LogP contribution in [0.4, 0.5) is 0 Å². The van der Waals surface area contributed by atoms with Gasteiger partial charge < -0.3 is 9.47 Å². The van der Waals surface area contributed by atoms with Crippen molar-refractivity contribution in [3.63, 3.8) is 0 Å². The van der Waals surface area contributed by atoms with Crippen LogP contribution in [0.5, 0.6) is 0 Å². The van der Waals surface area contributed by atoms with E-state index in [-0.39, 0.29) is 17.9 Å². The van der Waals surface area contributed by atoms with Crippen LogP contribution >= 0.6 is 0 Å². The van der Waals surface area contributed by atoms with E-state index < -0.39 is 11.2 Å². The van der Waals surface area contributed by atoms with Crippen LogP contribution in [0.1, 0.15) is 42.7 Å². The third kappa shape index (κ3) is 4.85. The number of nitrogens with one attached hydrogen (secondary N) is 1. The van der Waals surface area contributed by atoms with Crippen LogP contribution < -0.4 is 11.2 Å². The number of carbonyl (C=O) groups excluding carboxylic acids is 1. The number of aryl methyl sites for hydroxylation is 1. The molecule has 3 aromatic rings. The molecule has 1 atom stereocenters. The predicted molar refractivity (Wildman–Crippen MR) is 120 cm³/mol. The Balaban J connectivity index is 1.49. The highest BCUT2D eigenvalue weighted by Gasteiger charge is 2.35. The van der Waals surface area contributed by atoms with Gasteiger partial charge in [-0.1, -0.05) is 60.7 Å². The normalized spacial score (nSPS) is 16.0. The van der Waals surface area contributed by atoms with Gasteiger partial charge in [-0.15, -0.1) is 0 Å². The lowest BCUT2D eigenvalue weighted by molar-refractivity contribution is -0.132. The van der Waals surface area contributed by atoms with Crippen LogP contribution in [0.3, 0.4) is 0 Å². The highest BCUT2D eigenvalue weighted by Crippen LogP contribution is 2.36. The van der Waals surface area contributed by atoms with Crippen molar-refractivity contribution >= 4 is 5.91 Å². The van der Waals surface area contributed by atoms with Crippen molar-refractivity contribution in [1.82, 2.24) is 14.5 Å². The summed E-state index contributed by atoms with van der Waals surface area (Å²) in [5, 5.41) is 0. The first-order chi connectivity index (χ1) is 15.1. The molecule has 0 saturated carbocycles. The molecule has 1 aliphatic rings. The summed E-state index contributed by atoms with van der Waals surface area (Å²) in [7, 11) is 0. The van der Waals surface area contributed by atoms with Crippen molar-refractivity contribution in [3.05, 3.63) is 105 Å². The molecule has 2 heterocycles. The maximum Gasteiger partial charge on any atom is 0.328 e. The maximum absolute atomic E-state index is 13.1. The summed E-state index contributed by atoms with van der Waals surface area (Å²) >= 11 is 0. The Morgan fingerprint density at radius 2 is 1.61 bits per heavy atom. The Kier molecular flexibility index (Phi) is 6.46. The summed E-state index contributed by atoms with van der Waals surface area (Å²) in [6.45, 7) is 1.17. The number of amides is 1. The molecule has 6 nitrogen and oxygen atoms in total. The first-order valence-corrected chi connectivity index (χ1v) is 10.8. The molecule has 0 bridgehead atoms. The average Bonchev–Trinajstić information content (AvgIpc) is 3.26. The van der Waals surface area contributed by atoms with E-state index in [1.54, 1.807) is 0 Å². The first kappa shape index (κ1) is 20.8. The summed E-state index contributed by atoms with van der Waals surface area (Å²) in [4.78, 5) is 40.4. The van der Waals surface area contributed by atoms with Gasteiger partial charge in [-0.05, 0) is 30.4 Å². The van der Waals surface area contributed by atoms with Gasteiger partial charge in [0.25, 0.3) is 5.56 Å². The number of hydrogen-bond donors (Lipinski definition) is 1. The number of aromatic nitrogens is 2. The molecule has 1 aliphatic heterocycles. The largest absolute Gasteiger partial charge is 0.339 e. The Morgan fingerprint density at radius 1 is 0.968 bits per heavy atom. The first-order valence-electron chi connectivity index (χ1n) is 10.8. The summed E-state index contributed by atoms with van der Waals surface area (Å²) < 4.78 is 1.44. The van der Waals surface area contributed by atoms with Gasteiger partial charge in [0, 0.05) is 43.7 Å². The molecule has 1 N–H and O–H groups in total. The Labute approximate surface area is 181 Å². The Morgan fingerprint density at radius 3 is 2.23 bits per heavy atom. The monoisotopic (exact) mass is 417 g/mol. The fourth-order valence-electron chi connectivity index (χ4n) is 4.57. The topological polar surface area (TPSA) is 75.2 Å². The molecule has 1 aromatic heterocycles. The van der Waals surface area contributed by atoms with Crippen molar-refractivity contribution in [3.8, 4) is 0 Å². The number of nitrogens with zero attached hydrogens (tertiary/aromatic N) is 2. The van der Waals surface area contributed by atoms with E-state index in [1.807, 2.05) is 41.3 Å². The van der Waals surface area contributed by atoms with E-state index in [2.05, 4.69) is 29.2 Å². The molecule has 1 amide bonds. The zero-order valence-corrected chi connectivity index (χ0v) is 17.4. The third-order valence-corrected chi connectivity index (χ3v) is 6.01. The summed E-state index contributed by atoms with van der Waals surface area (Å²) in [6, 6.07) is 22.2. The molecule has 1 fully saturated rings. The van der Waals surface area contributed by atoms with E-state index in [9.17, 15) is 14.4 Å². The fourth-order valence-corrected chi connectivity index (χ4v) is 4.57. The minimum absolute atomic E-state index is 0.119. The Hall–Kier alpha value is -3.41. The minimum atomic E-state index is -0.438. The maximum atomic E-state index is 13.1. The van der Waals surface area contributed by atoms with Crippen LogP contribution in [0.15, 0.2) is 82.5 Å². The lowest BCUT2D eigenvalue weighted by Crippen LogP contribution is -2.39. The fraction of sp³-hybridized carbons (Fsp3) is 0.320. The highest BCUT2D eigenvalue weighted by atomic mass is 16.2. The van der Waals surface area contributed by atoms with Crippen LogP contribution in [0.2, 0.25) is 0 Å². The van der Waals surface area contributed by atoms with E-state index >= 15 is 0 Å². The molecule has 2 aromatic carbocycles. The quantitative estimate of drug-likeness (QED) is 0.642. The van der Waals surface area contributed by atoms with E-state index in [1.165, 1.54) is 28.0 Å². The third-order valence-electron chi connectivity index (χ3n) is 6.01.